The van der Waals surface area contributed by atoms with Crippen LogP contribution >= 0.6 is 11.6 Å². The zero-order valence-electron chi connectivity index (χ0n) is 12.4. The molecule has 23 heavy (non-hydrogen) atoms. The van der Waals surface area contributed by atoms with Crippen molar-refractivity contribution >= 4 is 23.5 Å². The standard InChI is InChI=1S/C16H17ClFNO4/c17-12-2-1-3-13(18)15(12)10-7-11(10)16(22)19-4-5-23-9(8-19)6-14(20)21/h1-3,9-11H,4-8H2,(H,20,21)/t9-,10-,11-/m1/s1. The van der Waals surface area contributed by atoms with Gasteiger partial charge in [0.25, 0.3) is 0 Å². The second kappa shape index (κ2) is 6.45. The van der Waals surface area contributed by atoms with E-state index in [1.54, 1.807) is 17.0 Å². The molecule has 3 rings (SSSR count). The Morgan fingerprint density at radius 1 is 1.43 bits per heavy atom. The molecule has 1 heterocycles. The summed E-state index contributed by atoms with van der Waals surface area (Å²) in [6.45, 7) is 1.02. The molecule has 2 aliphatic rings. The van der Waals surface area contributed by atoms with Gasteiger partial charge >= 0.3 is 5.97 Å². The van der Waals surface area contributed by atoms with Crippen LogP contribution in [0.1, 0.15) is 24.3 Å². The van der Waals surface area contributed by atoms with Crippen LogP contribution < -0.4 is 0 Å². The van der Waals surface area contributed by atoms with Gasteiger partial charge in [-0.1, -0.05) is 17.7 Å². The molecule has 1 saturated heterocycles. The number of aliphatic carboxylic acids is 1. The van der Waals surface area contributed by atoms with E-state index in [4.69, 9.17) is 21.4 Å². The fourth-order valence-electron chi connectivity index (χ4n) is 3.12. The van der Waals surface area contributed by atoms with Crippen LogP contribution in [0, 0.1) is 11.7 Å². The fraction of sp³-hybridized carbons (Fsp3) is 0.500. The highest BCUT2D eigenvalue weighted by molar-refractivity contribution is 6.31. The molecule has 0 spiro atoms. The fourth-order valence-corrected chi connectivity index (χ4v) is 3.43. The Balaban J connectivity index is 1.65. The third kappa shape index (κ3) is 3.48. The van der Waals surface area contributed by atoms with Crippen LogP contribution in [0.25, 0.3) is 0 Å². The number of carbonyl (C=O) groups is 2. The van der Waals surface area contributed by atoms with Crippen molar-refractivity contribution < 1.29 is 23.8 Å². The minimum absolute atomic E-state index is 0.0759. The summed E-state index contributed by atoms with van der Waals surface area (Å²) < 4.78 is 19.3. The first-order valence-corrected chi connectivity index (χ1v) is 7.91. The van der Waals surface area contributed by atoms with Crippen LogP contribution in [-0.2, 0) is 14.3 Å². The van der Waals surface area contributed by atoms with Gasteiger partial charge in [0, 0.05) is 35.5 Å². The number of nitrogens with zero attached hydrogens (tertiary/aromatic N) is 1. The Morgan fingerprint density at radius 2 is 2.22 bits per heavy atom. The number of amides is 1. The maximum Gasteiger partial charge on any atom is 0.306 e. The van der Waals surface area contributed by atoms with E-state index < -0.39 is 12.1 Å². The maximum atomic E-state index is 13.9. The van der Waals surface area contributed by atoms with Crippen molar-refractivity contribution in [1.29, 1.82) is 0 Å². The molecule has 2 fully saturated rings. The molecule has 1 saturated carbocycles. The highest BCUT2D eigenvalue weighted by atomic mass is 35.5. The first-order chi connectivity index (χ1) is 11.0. The first kappa shape index (κ1) is 16.2. The summed E-state index contributed by atoms with van der Waals surface area (Å²) >= 11 is 6.05. The highest BCUT2D eigenvalue weighted by Gasteiger charge is 2.48. The van der Waals surface area contributed by atoms with Crippen LogP contribution in [0.4, 0.5) is 4.39 Å². The van der Waals surface area contributed by atoms with Crippen LogP contribution in [-0.4, -0.2) is 47.7 Å². The Bertz CT molecular complexity index is 618. The molecule has 1 amide bonds. The van der Waals surface area contributed by atoms with Crippen molar-refractivity contribution in [2.24, 2.45) is 5.92 Å². The van der Waals surface area contributed by atoms with Gasteiger partial charge in [0.15, 0.2) is 0 Å². The summed E-state index contributed by atoms with van der Waals surface area (Å²) in [4.78, 5) is 24.9. The van der Waals surface area contributed by atoms with Crippen LogP contribution in [0.15, 0.2) is 18.2 Å². The van der Waals surface area contributed by atoms with Gasteiger partial charge < -0.3 is 14.7 Å². The number of rotatable bonds is 4. The molecule has 0 unspecified atom stereocenters. The summed E-state index contributed by atoms with van der Waals surface area (Å²) in [6, 6.07) is 4.51. The third-order valence-corrected chi connectivity index (χ3v) is 4.66. The van der Waals surface area contributed by atoms with Crippen LogP contribution in [0.5, 0.6) is 0 Å². The van der Waals surface area contributed by atoms with E-state index in [-0.39, 0.29) is 36.5 Å². The number of carbonyl (C=O) groups excluding carboxylic acids is 1. The van der Waals surface area contributed by atoms with Crippen molar-refractivity contribution in [3.63, 3.8) is 0 Å². The second-order valence-corrected chi connectivity index (χ2v) is 6.37. The normalized spacial score (nSPS) is 26.9. The van der Waals surface area contributed by atoms with Crippen molar-refractivity contribution in [2.45, 2.75) is 24.9 Å². The van der Waals surface area contributed by atoms with Crippen LogP contribution in [0.2, 0.25) is 5.02 Å². The third-order valence-electron chi connectivity index (χ3n) is 4.33. The zero-order chi connectivity index (χ0) is 16.6. The molecular weight excluding hydrogens is 325 g/mol. The highest BCUT2D eigenvalue weighted by Crippen LogP contribution is 2.51. The van der Waals surface area contributed by atoms with Gasteiger partial charge in [0.2, 0.25) is 5.91 Å². The van der Waals surface area contributed by atoms with Gasteiger partial charge in [-0.2, -0.15) is 0 Å². The number of hydrogen-bond donors (Lipinski definition) is 1. The lowest BCUT2D eigenvalue weighted by Gasteiger charge is -2.32. The number of hydrogen-bond acceptors (Lipinski definition) is 3. The molecule has 1 aromatic rings. The molecule has 0 radical (unpaired) electrons. The molecular formula is C16H17ClFNO4. The molecule has 5 nitrogen and oxygen atoms in total. The summed E-state index contributed by atoms with van der Waals surface area (Å²) in [5.41, 5.74) is 0.405. The average molecular weight is 342 g/mol. The topological polar surface area (TPSA) is 66.8 Å². The summed E-state index contributed by atoms with van der Waals surface area (Å²) in [6.07, 6.45) is -0.0447. The first-order valence-electron chi connectivity index (χ1n) is 7.53. The Morgan fingerprint density at radius 3 is 2.91 bits per heavy atom. The number of ether oxygens (including phenoxy) is 1. The molecule has 1 N–H and O–H groups in total. The van der Waals surface area contributed by atoms with Crippen molar-refractivity contribution in [1.82, 2.24) is 4.90 Å². The van der Waals surface area contributed by atoms with Gasteiger partial charge in [-0.05, 0) is 18.6 Å². The summed E-state index contributed by atoms with van der Waals surface area (Å²) in [7, 11) is 0. The largest absolute Gasteiger partial charge is 0.481 e. The molecule has 0 bridgehead atoms. The number of carboxylic acids is 1. The summed E-state index contributed by atoms with van der Waals surface area (Å²) in [5, 5.41) is 9.17. The van der Waals surface area contributed by atoms with E-state index in [1.165, 1.54) is 6.07 Å². The minimum Gasteiger partial charge on any atom is -0.481 e. The van der Waals surface area contributed by atoms with Gasteiger partial charge in [-0.25, -0.2) is 4.39 Å². The minimum atomic E-state index is -0.952. The molecule has 1 aliphatic carbocycles. The van der Waals surface area contributed by atoms with Gasteiger partial charge in [-0.15, -0.1) is 0 Å². The monoisotopic (exact) mass is 341 g/mol. The van der Waals surface area contributed by atoms with E-state index in [1.807, 2.05) is 0 Å². The van der Waals surface area contributed by atoms with Crippen molar-refractivity contribution in [2.75, 3.05) is 19.7 Å². The predicted molar refractivity (Wildman–Crippen MR) is 80.8 cm³/mol. The molecule has 0 aromatic heterocycles. The Labute approximate surface area is 138 Å². The Kier molecular flexibility index (Phi) is 4.55. The van der Waals surface area contributed by atoms with Gasteiger partial charge in [-0.3, -0.25) is 9.59 Å². The molecule has 7 heteroatoms. The number of halogens is 2. The molecule has 3 atom stereocenters. The van der Waals surface area contributed by atoms with E-state index in [2.05, 4.69) is 0 Å². The second-order valence-electron chi connectivity index (χ2n) is 5.96. The van der Waals surface area contributed by atoms with Crippen molar-refractivity contribution in [3.05, 3.63) is 34.6 Å². The average Bonchev–Trinajstić information content (AvgIpc) is 3.26. The lowest BCUT2D eigenvalue weighted by atomic mass is 10.1. The lowest BCUT2D eigenvalue weighted by Crippen LogP contribution is -2.47. The van der Waals surface area contributed by atoms with Gasteiger partial charge in [0.05, 0.1) is 19.1 Å². The number of morpholine rings is 1. The predicted octanol–water partition coefficient (Wildman–Crippen LogP) is 2.28. The zero-order valence-corrected chi connectivity index (χ0v) is 13.1. The Hall–Kier alpha value is -1.66. The van der Waals surface area contributed by atoms with Gasteiger partial charge in [0.1, 0.15) is 5.82 Å². The van der Waals surface area contributed by atoms with Crippen molar-refractivity contribution in [3.8, 4) is 0 Å². The van der Waals surface area contributed by atoms with E-state index in [0.29, 0.717) is 30.2 Å². The summed E-state index contributed by atoms with van der Waals surface area (Å²) in [5.74, 6) is -1.90. The maximum absolute atomic E-state index is 13.9. The molecule has 124 valence electrons. The quantitative estimate of drug-likeness (QED) is 0.912. The van der Waals surface area contributed by atoms with E-state index in [9.17, 15) is 14.0 Å². The SMILES string of the molecule is O=C(O)C[C@@H]1CN(C(=O)[C@@H]2C[C@H]2c2c(F)cccc2Cl)CCO1. The molecule has 1 aliphatic heterocycles. The molecule has 1 aromatic carbocycles. The smallest absolute Gasteiger partial charge is 0.306 e. The number of benzene rings is 1. The number of carboxylic acid groups (broad SMARTS) is 1. The van der Waals surface area contributed by atoms with E-state index >= 15 is 0 Å². The van der Waals surface area contributed by atoms with E-state index in [0.717, 1.165) is 0 Å². The lowest BCUT2D eigenvalue weighted by molar-refractivity contribution is -0.148. The van der Waals surface area contributed by atoms with Crippen LogP contribution in [0.3, 0.4) is 0 Å².